The van der Waals surface area contributed by atoms with Crippen molar-refractivity contribution in [2.24, 2.45) is 5.41 Å². The summed E-state index contributed by atoms with van der Waals surface area (Å²) in [5, 5.41) is 8.10. The van der Waals surface area contributed by atoms with E-state index in [2.05, 4.69) is 66.3 Å². The van der Waals surface area contributed by atoms with E-state index in [9.17, 15) is 0 Å². The number of rotatable bonds is 5. The molecular formula is C22H26ClN5O2. The fourth-order valence-electron chi connectivity index (χ4n) is 3.13. The monoisotopic (exact) mass is 427 g/mol. The number of anilines is 1. The second kappa shape index (κ2) is 8.14. The molecule has 1 atom stereocenters. The lowest BCUT2D eigenvalue weighted by molar-refractivity contribution is 0.267. The van der Waals surface area contributed by atoms with E-state index < -0.39 is 0 Å². The van der Waals surface area contributed by atoms with Crippen molar-refractivity contribution in [1.29, 1.82) is 0 Å². The van der Waals surface area contributed by atoms with Crippen molar-refractivity contribution in [2.75, 3.05) is 5.32 Å². The summed E-state index contributed by atoms with van der Waals surface area (Å²) >= 11 is 6.54. The van der Waals surface area contributed by atoms with Crippen molar-refractivity contribution in [3.05, 3.63) is 59.1 Å². The van der Waals surface area contributed by atoms with Gasteiger partial charge in [0.15, 0.2) is 5.76 Å². The van der Waals surface area contributed by atoms with Crippen LogP contribution in [0.5, 0.6) is 0 Å². The highest BCUT2D eigenvalue weighted by molar-refractivity contribution is 6.31. The van der Waals surface area contributed by atoms with Crippen LogP contribution in [-0.4, -0.2) is 25.6 Å². The average Bonchev–Trinajstić information content (AvgIpc) is 3.17. The molecule has 1 N–H and O–H groups in total. The lowest BCUT2D eigenvalue weighted by atomic mass is 9.88. The molecule has 0 fully saturated rings. The summed E-state index contributed by atoms with van der Waals surface area (Å²) in [6.45, 7) is 8.60. The van der Waals surface area contributed by atoms with Crippen LogP contribution < -0.4 is 5.32 Å². The third-order valence-electron chi connectivity index (χ3n) is 5.42. The Labute approximate surface area is 181 Å². The Bertz CT molecular complexity index is 1080. The predicted molar refractivity (Wildman–Crippen MR) is 118 cm³/mol. The Balaban J connectivity index is 1.64. The number of fused-ring (bicyclic) bond motifs is 1. The Morgan fingerprint density at radius 2 is 2.10 bits per heavy atom. The third kappa shape index (κ3) is 4.21. The Hall–Kier alpha value is -2.80. The molecule has 2 aromatic rings. The Morgan fingerprint density at radius 1 is 1.27 bits per heavy atom. The van der Waals surface area contributed by atoms with Gasteiger partial charge in [0.2, 0.25) is 0 Å². The normalized spacial score (nSPS) is 17.6. The zero-order chi connectivity index (χ0) is 21.3. The van der Waals surface area contributed by atoms with Crippen LogP contribution >= 0.6 is 11.6 Å². The minimum atomic E-state index is 0.00740. The maximum Gasteiger partial charge on any atom is 0.255 e. The van der Waals surface area contributed by atoms with E-state index in [-0.39, 0.29) is 16.6 Å². The van der Waals surface area contributed by atoms with Gasteiger partial charge >= 0.3 is 0 Å². The van der Waals surface area contributed by atoms with E-state index in [1.807, 2.05) is 0 Å². The molecule has 3 heterocycles. The van der Waals surface area contributed by atoms with Crippen LogP contribution in [0.2, 0.25) is 5.15 Å². The van der Waals surface area contributed by atoms with Gasteiger partial charge in [-0.15, -0.1) is 0 Å². The van der Waals surface area contributed by atoms with E-state index in [1.54, 1.807) is 17.0 Å². The summed E-state index contributed by atoms with van der Waals surface area (Å²) in [6.07, 6.45) is 13.8. The number of aromatic nitrogens is 4. The molecular weight excluding hydrogens is 402 g/mol. The van der Waals surface area contributed by atoms with Crippen molar-refractivity contribution in [2.45, 2.75) is 53.0 Å². The van der Waals surface area contributed by atoms with Crippen molar-refractivity contribution >= 4 is 29.0 Å². The summed E-state index contributed by atoms with van der Waals surface area (Å²) in [4.78, 5) is 8.53. The molecule has 1 aliphatic carbocycles. The van der Waals surface area contributed by atoms with Crippen molar-refractivity contribution in [1.82, 2.24) is 19.6 Å². The molecule has 0 aromatic carbocycles. The standard InChI is InChI=1S/C22H26ClN5O2/c1-14(22(2,3)4)26-20-18(19(23)27-21-24-13-25-28(20)21)17-12-29-16(11-30-17)10-15-8-6-5-7-9-15/h5-6,8,11-14,26H,7,9-10H2,1-4H3. The van der Waals surface area contributed by atoms with Crippen molar-refractivity contribution < 1.29 is 9.47 Å². The van der Waals surface area contributed by atoms with E-state index in [1.165, 1.54) is 11.9 Å². The quantitative estimate of drug-likeness (QED) is 0.637. The fraction of sp³-hybridized carbons (Fsp3) is 0.409. The molecule has 1 unspecified atom stereocenters. The number of hydrogen-bond donors (Lipinski definition) is 1. The zero-order valence-electron chi connectivity index (χ0n) is 17.6. The highest BCUT2D eigenvalue weighted by Crippen LogP contribution is 2.36. The molecule has 1 aliphatic heterocycles. The summed E-state index contributed by atoms with van der Waals surface area (Å²) in [7, 11) is 0. The number of allylic oxidation sites excluding steroid dienone is 4. The van der Waals surface area contributed by atoms with Gasteiger partial charge in [-0.3, -0.25) is 0 Å². The lowest BCUT2D eigenvalue weighted by Gasteiger charge is -2.30. The van der Waals surface area contributed by atoms with Crippen LogP contribution in [0.3, 0.4) is 0 Å². The first-order valence-electron chi connectivity index (χ1n) is 10.1. The van der Waals surface area contributed by atoms with Crippen molar-refractivity contribution in [3.8, 4) is 0 Å². The summed E-state index contributed by atoms with van der Waals surface area (Å²) in [6, 6.07) is 0.115. The second-order valence-corrected chi connectivity index (χ2v) is 8.96. The highest BCUT2D eigenvalue weighted by atomic mass is 35.5. The molecule has 2 aliphatic rings. The first kappa shape index (κ1) is 20.5. The Morgan fingerprint density at radius 3 is 2.77 bits per heavy atom. The minimum Gasteiger partial charge on any atom is -0.462 e. The van der Waals surface area contributed by atoms with Crippen LogP contribution in [0.4, 0.5) is 5.82 Å². The van der Waals surface area contributed by atoms with E-state index in [0.717, 1.165) is 18.6 Å². The number of halogens is 1. The fourth-order valence-corrected chi connectivity index (χ4v) is 3.39. The number of hydrogen-bond acceptors (Lipinski definition) is 6. The molecule has 7 nitrogen and oxygen atoms in total. The topological polar surface area (TPSA) is 73.6 Å². The maximum atomic E-state index is 6.54. The van der Waals surface area contributed by atoms with Crippen LogP contribution in [-0.2, 0) is 9.47 Å². The van der Waals surface area contributed by atoms with Gasteiger partial charge < -0.3 is 14.8 Å². The summed E-state index contributed by atoms with van der Waals surface area (Å²) in [5.74, 6) is 2.30. The van der Waals surface area contributed by atoms with Crippen molar-refractivity contribution in [3.63, 3.8) is 0 Å². The Kier molecular flexibility index (Phi) is 5.56. The maximum absolute atomic E-state index is 6.54. The molecule has 30 heavy (non-hydrogen) atoms. The predicted octanol–water partition coefficient (Wildman–Crippen LogP) is 5.48. The van der Waals surface area contributed by atoms with Gasteiger partial charge in [-0.1, -0.05) is 56.2 Å². The van der Waals surface area contributed by atoms with Crippen LogP contribution in [0.15, 0.2) is 48.4 Å². The first-order chi connectivity index (χ1) is 14.3. The molecule has 0 bridgehead atoms. The van der Waals surface area contributed by atoms with Gasteiger partial charge in [-0.25, -0.2) is 0 Å². The van der Waals surface area contributed by atoms with Gasteiger partial charge in [-0.2, -0.15) is 19.6 Å². The minimum absolute atomic E-state index is 0.00740. The van der Waals surface area contributed by atoms with Gasteiger partial charge in [0.1, 0.15) is 41.1 Å². The first-order valence-corrected chi connectivity index (χ1v) is 10.4. The smallest absolute Gasteiger partial charge is 0.255 e. The molecule has 0 saturated heterocycles. The zero-order valence-corrected chi connectivity index (χ0v) is 18.4. The SMILES string of the molecule is CC(Nc1c(C2=COC(CC3=CC=CCC3)=CO2)c(Cl)nc2ncnn12)C(C)(C)C. The summed E-state index contributed by atoms with van der Waals surface area (Å²) < 4.78 is 13.4. The molecule has 8 heteroatoms. The van der Waals surface area contributed by atoms with E-state index in [4.69, 9.17) is 21.1 Å². The number of nitrogens with one attached hydrogen (secondary N) is 1. The molecule has 158 valence electrons. The van der Waals surface area contributed by atoms with Gasteiger partial charge in [-0.05, 0) is 25.2 Å². The van der Waals surface area contributed by atoms with Crippen LogP contribution in [0, 0.1) is 5.41 Å². The molecule has 2 aromatic heterocycles. The van der Waals surface area contributed by atoms with Gasteiger partial charge in [0, 0.05) is 12.5 Å². The van der Waals surface area contributed by atoms with E-state index >= 15 is 0 Å². The van der Waals surface area contributed by atoms with Crippen LogP contribution in [0.25, 0.3) is 11.5 Å². The lowest BCUT2D eigenvalue weighted by Crippen LogP contribution is -2.32. The number of nitrogens with zero attached hydrogens (tertiary/aromatic N) is 4. The number of ether oxygens (including phenoxy) is 2. The highest BCUT2D eigenvalue weighted by Gasteiger charge is 2.27. The van der Waals surface area contributed by atoms with Gasteiger partial charge in [0.05, 0.1) is 0 Å². The second-order valence-electron chi connectivity index (χ2n) is 8.60. The van der Waals surface area contributed by atoms with Gasteiger partial charge in [0.25, 0.3) is 5.78 Å². The van der Waals surface area contributed by atoms with Crippen LogP contribution in [0.1, 0.15) is 52.5 Å². The molecule has 0 amide bonds. The largest absolute Gasteiger partial charge is 0.462 e. The molecule has 0 radical (unpaired) electrons. The molecule has 4 rings (SSSR count). The van der Waals surface area contributed by atoms with E-state index in [0.29, 0.717) is 29.3 Å². The molecule has 0 saturated carbocycles. The summed E-state index contributed by atoms with van der Waals surface area (Å²) in [5.41, 5.74) is 1.91. The molecule has 0 spiro atoms. The average molecular weight is 428 g/mol. The third-order valence-corrected chi connectivity index (χ3v) is 5.69.